The molecule has 1 atom stereocenters. The second kappa shape index (κ2) is 4.45. The number of nitrogens with zero attached hydrogens (tertiary/aromatic N) is 2. The predicted molar refractivity (Wildman–Crippen MR) is 62.3 cm³/mol. The van der Waals surface area contributed by atoms with Crippen molar-refractivity contribution in [2.45, 2.75) is 26.0 Å². The fraction of sp³-hybridized carbons (Fsp3) is 0.333. The Hall–Kier alpha value is -1.68. The fourth-order valence-corrected chi connectivity index (χ4v) is 1.63. The summed E-state index contributed by atoms with van der Waals surface area (Å²) in [5.74, 6) is 0. The van der Waals surface area contributed by atoms with Gasteiger partial charge in [0.1, 0.15) is 0 Å². The summed E-state index contributed by atoms with van der Waals surface area (Å²) in [4.78, 5) is 16.0. The SMILES string of the molecule is CC(O)CCn1ccc2cnccc2c1=O. The van der Waals surface area contributed by atoms with Crippen LogP contribution in [0.2, 0.25) is 0 Å². The Morgan fingerprint density at radius 1 is 1.50 bits per heavy atom. The number of fused-ring (bicyclic) bond motifs is 1. The molecule has 0 bridgehead atoms. The van der Waals surface area contributed by atoms with Crippen molar-refractivity contribution >= 4 is 10.8 Å². The third-order valence-corrected chi connectivity index (χ3v) is 2.56. The molecule has 0 spiro atoms. The van der Waals surface area contributed by atoms with E-state index in [0.29, 0.717) is 18.4 Å². The van der Waals surface area contributed by atoms with Gasteiger partial charge in [0.15, 0.2) is 0 Å². The van der Waals surface area contributed by atoms with Crippen molar-refractivity contribution in [3.8, 4) is 0 Å². The van der Waals surface area contributed by atoms with Crippen LogP contribution in [0.25, 0.3) is 10.8 Å². The lowest BCUT2D eigenvalue weighted by Gasteiger charge is -2.08. The standard InChI is InChI=1S/C12H14N2O2/c1-9(15)3-6-14-7-4-10-8-13-5-2-11(10)12(14)16/h2,4-5,7-9,15H,3,6H2,1H3. The number of aryl methyl sites for hydroxylation is 1. The summed E-state index contributed by atoms with van der Waals surface area (Å²) in [5.41, 5.74) is -0.0273. The minimum Gasteiger partial charge on any atom is -0.393 e. The van der Waals surface area contributed by atoms with Crippen molar-refractivity contribution in [2.24, 2.45) is 0 Å². The zero-order valence-corrected chi connectivity index (χ0v) is 9.13. The zero-order chi connectivity index (χ0) is 11.5. The van der Waals surface area contributed by atoms with Crippen LogP contribution in [0, 0.1) is 0 Å². The van der Waals surface area contributed by atoms with Crippen LogP contribution in [-0.4, -0.2) is 20.8 Å². The minimum atomic E-state index is -0.389. The molecule has 2 heterocycles. The van der Waals surface area contributed by atoms with Gasteiger partial charge in [-0.05, 0) is 25.5 Å². The average molecular weight is 218 g/mol. The van der Waals surface area contributed by atoms with Crippen molar-refractivity contribution in [1.82, 2.24) is 9.55 Å². The molecule has 4 heteroatoms. The Balaban J connectivity index is 2.41. The summed E-state index contributed by atoms with van der Waals surface area (Å²) in [6.07, 6.45) is 5.23. The maximum Gasteiger partial charge on any atom is 0.258 e. The van der Waals surface area contributed by atoms with Gasteiger partial charge in [0.05, 0.1) is 11.5 Å². The molecule has 2 aromatic rings. The van der Waals surface area contributed by atoms with Crippen LogP contribution in [0.5, 0.6) is 0 Å². The summed E-state index contributed by atoms with van der Waals surface area (Å²) >= 11 is 0. The van der Waals surface area contributed by atoms with Gasteiger partial charge in [0, 0.05) is 30.5 Å². The number of aliphatic hydroxyl groups excluding tert-OH is 1. The molecular formula is C12H14N2O2. The van der Waals surface area contributed by atoms with Gasteiger partial charge in [-0.2, -0.15) is 0 Å². The predicted octanol–water partition coefficient (Wildman–Crippen LogP) is 1.17. The number of aromatic nitrogens is 2. The van der Waals surface area contributed by atoms with E-state index >= 15 is 0 Å². The summed E-state index contributed by atoms with van der Waals surface area (Å²) < 4.78 is 1.62. The van der Waals surface area contributed by atoms with Crippen LogP contribution in [0.15, 0.2) is 35.5 Å². The second-order valence-corrected chi connectivity index (χ2v) is 3.91. The lowest BCUT2D eigenvalue weighted by atomic mass is 10.2. The molecule has 4 nitrogen and oxygen atoms in total. The summed E-state index contributed by atoms with van der Waals surface area (Å²) in [6.45, 7) is 2.25. The maximum absolute atomic E-state index is 12.0. The molecular weight excluding hydrogens is 204 g/mol. The Labute approximate surface area is 93.2 Å². The summed E-state index contributed by atoms with van der Waals surface area (Å²) in [7, 11) is 0. The monoisotopic (exact) mass is 218 g/mol. The Morgan fingerprint density at radius 2 is 2.31 bits per heavy atom. The first-order valence-electron chi connectivity index (χ1n) is 5.30. The van der Waals surface area contributed by atoms with Gasteiger partial charge >= 0.3 is 0 Å². The molecule has 84 valence electrons. The van der Waals surface area contributed by atoms with Crippen LogP contribution in [0.1, 0.15) is 13.3 Å². The molecule has 0 radical (unpaired) electrons. The van der Waals surface area contributed by atoms with Gasteiger partial charge in [-0.3, -0.25) is 9.78 Å². The van der Waals surface area contributed by atoms with E-state index in [4.69, 9.17) is 0 Å². The topological polar surface area (TPSA) is 55.1 Å². The number of hydrogen-bond donors (Lipinski definition) is 1. The molecule has 0 amide bonds. The first-order valence-corrected chi connectivity index (χ1v) is 5.30. The number of hydrogen-bond acceptors (Lipinski definition) is 3. The fourth-order valence-electron chi connectivity index (χ4n) is 1.63. The normalized spacial score (nSPS) is 12.9. The molecule has 2 rings (SSSR count). The van der Waals surface area contributed by atoms with Gasteiger partial charge < -0.3 is 9.67 Å². The molecule has 0 aliphatic carbocycles. The Bertz CT molecular complexity index is 546. The smallest absolute Gasteiger partial charge is 0.258 e. The molecule has 0 fully saturated rings. The van der Waals surface area contributed by atoms with E-state index in [1.54, 1.807) is 36.1 Å². The highest BCUT2D eigenvalue weighted by Gasteiger charge is 2.03. The lowest BCUT2D eigenvalue weighted by molar-refractivity contribution is 0.177. The Kier molecular flexibility index (Phi) is 3.01. The van der Waals surface area contributed by atoms with Crippen LogP contribution >= 0.6 is 0 Å². The second-order valence-electron chi connectivity index (χ2n) is 3.91. The van der Waals surface area contributed by atoms with Crippen LogP contribution in [-0.2, 0) is 6.54 Å². The van der Waals surface area contributed by atoms with Gasteiger partial charge in [-0.1, -0.05) is 0 Å². The van der Waals surface area contributed by atoms with Crippen molar-refractivity contribution in [3.63, 3.8) is 0 Å². The van der Waals surface area contributed by atoms with Crippen LogP contribution < -0.4 is 5.56 Å². The molecule has 0 aromatic carbocycles. The largest absolute Gasteiger partial charge is 0.393 e. The first kappa shape index (κ1) is 10.8. The summed E-state index contributed by atoms with van der Waals surface area (Å²) in [5, 5.41) is 10.7. The van der Waals surface area contributed by atoms with E-state index in [9.17, 15) is 9.90 Å². The van der Waals surface area contributed by atoms with Gasteiger partial charge in [-0.15, -0.1) is 0 Å². The third kappa shape index (κ3) is 2.12. The summed E-state index contributed by atoms with van der Waals surface area (Å²) in [6, 6.07) is 3.59. The molecule has 0 saturated heterocycles. The molecule has 16 heavy (non-hydrogen) atoms. The van der Waals surface area contributed by atoms with Crippen molar-refractivity contribution in [2.75, 3.05) is 0 Å². The molecule has 0 aliphatic heterocycles. The third-order valence-electron chi connectivity index (χ3n) is 2.56. The first-order chi connectivity index (χ1) is 7.68. The van der Waals surface area contributed by atoms with E-state index in [0.717, 1.165) is 5.39 Å². The highest BCUT2D eigenvalue weighted by molar-refractivity contribution is 5.79. The highest BCUT2D eigenvalue weighted by Crippen LogP contribution is 2.06. The van der Waals surface area contributed by atoms with E-state index < -0.39 is 0 Å². The average Bonchev–Trinajstić information content (AvgIpc) is 2.28. The van der Waals surface area contributed by atoms with Gasteiger partial charge in [-0.25, -0.2) is 0 Å². The van der Waals surface area contributed by atoms with Gasteiger partial charge in [0.2, 0.25) is 0 Å². The quantitative estimate of drug-likeness (QED) is 0.841. The van der Waals surface area contributed by atoms with Gasteiger partial charge in [0.25, 0.3) is 5.56 Å². The zero-order valence-electron chi connectivity index (χ0n) is 9.13. The maximum atomic E-state index is 12.0. The van der Waals surface area contributed by atoms with Crippen molar-refractivity contribution in [1.29, 1.82) is 0 Å². The molecule has 1 unspecified atom stereocenters. The molecule has 1 N–H and O–H groups in total. The van der Waals surface area contributed by atoms with Crippen LogP contribution in [0.4, 0.5) is 0 Å². The lowest BCUT2D eigenvalue weighted by Crippen LogP contribution is -2.21. The molecule has 2 aromatic heterocycles. The Morgan fingerprint density at radius 3 is 3.06 bits per heavy atom. The van der Waals surface area contributed by atoms with E-state index in [2.05, 4.69) is 4.98 Å². The number of aliphatic hydroxyl groups is 1. The van der Waals surface area contributed by atoms with E-state index in [1.165, 1.54) is 0 Å². The minimum absolute atomic E-state index is 0.0273. The number of rotatable bonds is 3. The molecule has 0 aliphatic rings. The van der Waals surface area contributed by atoms with Crippen molar-refractivity contribution in [3.05, 3.63) is 41.1 Å². The van der Waals surface area contributed by atoms with E-state index in [-0.39, 0.29) is 11.7 Å². The van der Waals surface area contributed by atoms with Crippen molar-refractivity contribution < 1.29 is 5.11 Å². The number of pyridine rings is 2. The highest BCUT2D eigenvalue weighted by atomic mass is 16.3. The molecule has 0 saturated carbocycles. The van der Waals surface area contributed by atoms with E-state index in [1.807, 2.05) is 6.07 Å². The van der Waals surface area contributed by atoms with Crippen LogP contribution in [0.3, 0.4) is 0 Å².